The van der Waals surface area contributed by atoms with Gasteiger partial charge in [0, 0.05) is 39.4 Å². The van der Waals surface area contributed by atoms with Crippen molar-refractivity contribution >= 4 is 0 Å². The third kappa shape index (κ3) is 3.92. The maximum Gasteiger partial charge on any atom is 0.0474 e. The second kappa shape index (κ2) is 7.43. The van der Waals surface area contributed by atoms with E-state index in [4.69, 9.17) is 10.5 Å². The molecule has 2 atom stereocenters. The lowest BCUT2D eigenvalue weighted by Gasteiger charge is -2.37. The molecule has 2 fully saturated rings. The fourth-order valence-corrected chi connectivity index (χ4v) is 3.35. The second-order valence-corrected chi connectivity index (χ2v) is 5.83. The number of piperidine rings is 1. The smallest absolute Gasteiger partial charge is 0.0474 e. The lowest BCUT2D eigenvalue weighted by molar-refractivity contribution is 0.102. The number of nitrogens with two attached hydrogens (primary N) is 1. The summed E-state index contributed by atoms with van der Waals surface area (Å²) in [7, 11) is 1.79. The van der Waals surface area contributed by atoms with Crippen LogP contribution in [0.15, 0.2) is 0 Å². The van der Waals surface area contributed by atoms with Crippen molar-refractivity contribution in [2.24, 2.45) is 11.7 Å². The van der Waals surface area contributed by atoms with Gasteiger partial charge in [0.15, 0.2) is 0 Å². The minimum Gasteiger partial charge on any atom is -0.385 e. The molecule has 2 aliphatic rings. The minimum atomic E-state index is 0.744. The average Bonchev–Trinajstić information content (AvgIpc) is 2.88. The fraction of sp³-hybridized carbons (Fsp3) is 1.00. The SMILES string of the molecule is COCCCN1CCCC(N2CCC(CN)C2)C1. The molecule has 2 aliphatic heterocycles. The van der Waals surface area contributed by atoms with E-state index in [9.17, 15) is 0 Å². The lowest BCUT2D eigenvalue weighted by Crippen LogP contribution is -2.47. The summed E-state index contributed by atoms with van der Waals surface area (Å²) in [6.07, 6.45) is 5.19. The molecule has 0 aromatic carbocycles. The van der Waals surface area contributed by atoms with Gasteiger partial charge >= 0.3 is 0 Å². The first-order valence-electron chi connectivity index (χ1n) is 7.49. The number of rotatable bonds is 6. The molecule has 0 aromatic rings. The van der Waals surface area contributed by atoms with Gasteiger partial charge in [-0.3, -0.25) is 4.90 Å². The molecule has 4 nitrogen and oxygen atoms in total. The number of likely N-dealkylation sites (tertiary alicyclic amines) is 2. The summed E-state index contributed by atoms with van der Waals surface area (Å²) in [5.74, 6) is 0.744. The van der Waals surface area contributed by atoms with Gasteiger partial charge in [-0.1, -0.05) is 0 Å². The van der Waals surface area contributed by atoms with E-state index >= 15 is 0 Å². The van der Waals surface area contributed by atoms with Crippen molar-refractivity contribution in [3.63, 3.8) is 0 Å². The normalized spacial score (nSPS) is 31.0. The van der Waals surface area contributed by atoms with Gasteiger partial charge in [0.1, 0.15) is 0 Å². The van der Waals surface area contributed by atoms with E-state index in [1.54, 1.807) is 7.11 Å². The van der Waals surface area contributed by atoms with Crippen LogP contribution in [-0.2, 0) is 4.74 Å². The predicted molar refractivity (Wildman–Crippen MR) is 74.7 cm³/mol. The highest BCUT2D eigenvalue weighted by Crippen LogP contribution is 2.23. The molecule has 2 unspecified atom stereocenters. The molecule has 4 heteroatoms. The second-order valence-electron chi connectivity index (χ2n) is 5.83. The topological polar surface area (TPSA) is 41.7 Å². The molecule has 0 amide bonds. The zero-order valence-electron chi connectivity index (χ0n) is 11.8. The van der Waals surface area contributed by atoms with Crippen LogP contribution in [-0.4, -0.2) is 68.8 Å². The fourth-order valence-electron chi connectivity index (χ4n) is 3.35. The number of nitrogens with zero attached hydrogens (tertiary/aromatic N) is 2. The first kappa shape index (κ1) is 14.3. The average molecular weight is 255 g/mol. The molecule has 0 bridgehead atoms. The van der Waals surface area contributed by atoms with Crippen molar-refractivity contribution < 1.29 is 4.74 Å². The first-order valence-corrected chi connectivity index (χ1v) is 7.49. The van der Waals surface area contributed by atoms with Crippen LogP contribution in [0.4, 0.5) is 0 Å². The molecule has 18 heavy (non-hydrogen) atoms. The van der Waals surface area contributed by atoms with Crippen molar-refractivity contribution in [3.05, 3.63) is 0 Å². The van der Waals surface area contributed by atoms with Gasteiger partial charge in [-0.15, -0.1) is 0 Å². The Bertz CT molecular complexity index is 237. The summed E-state index contributed by atoms with van der Waals surface area (Å²) >= 11 is 0. The Morgan fingerprint density at radius 3 is 2.83 bits per heavy atom. The zero-order chi connectivity index (χ0) is 12.8. The monoisotopic (exact) mass is 255 g/mol. The standard InChI is InChI=1S/C14H29N3O/c1-18-9-3-7-16-6-2-4-14(12-16)17-8-5-13(10-15)11-17/h13-14H,2-12,15H2,1H3. The van der Waals surface area contributed by atoms with E-state index in [1.165, 1.54) is 52.0 Å². The Labute approximate surface area is 111 Å². The van der Waals surface area contributed by atoms with Gasteiger partial charge in [0.2, 0.25) is 0 Å². The van der Waals surface area contributed by atoms with Gasteiger partial charge in [0.25, 0.3) is 0 Å². The van der Waals surface area contributed by atoms with Gasteiger partial charge in [-0.25, -0.2) is 0 Å². The number of hydrogen-bond donors (Lipinski definition) is 1. The van der Waals surface area contributed by atoms with Crippen LogP contribution in [0, 0.1) is 5.92 Å². The minimum absolute atomic E-state index is 0.744. The maximum atomic E-state index is 5.78. The Morgan fingerprint density at radius 1 is 1.22 bits per heavy atom. The molecule has 0 aromatic heterocycles. The van der Waals surface area contributed by atoms with Crippen molar-refractivity contribution in [1.29, 1.82) is 0 Å². The largest absolute Gasteiger partial charge is 0.385 e. The maximum absolute atomic E-state index is 5.78. The van der Waals surface area contributed by atoms with Crippen LogP contribution in [0.2, 0.25) is 0 Å². The van der Waals surface area contributed by atoms with Crippen molar-refractivity contribution in [1.82, 2.24) is 9.80 Å². The third-order valence-electron chi connectivity index (χ3n) is 4.47. The van der Waals surface area contributed by atoms with Gasteiger partial charge < -0.3 is 15.4 Å². The Balaban J connectivity index is 1.73. The highest BCUT2D eigenvalue weighted by Gasteiger charge is 2.30. The summed E-state index contributed by atoms with van der Waals surface area (Å²) in [6.45, 7) is 7.96. The Hall–Kier alpha value is -0.160. The Morgan fingerprint density at radius 2 is 2.11 bits per heavy atom. The van der Waals surface area contributed by atoms with Crippen LogP contribution in [0.3, 0.4) is 0 Å². The molecule has 0 saturated carbocycles. The molecule has 2 heterocycles. The summed E-state index contributed by atoms with van der Waals surface area (Å²) in [5.41, 5.74) is 5.78. The summed E-state index contributed by atoms with van der Waals surface area (Å²) < 4.78 is 5.14. The molecule has 0 spiro atoms. The van der Waals surface area contributed by atoms with E-state index in [1.807, 2.05) is 0 Å². The van der Waals surface area contributed by atoms with E-state index < -0.39 is 0 Å². The van der Waals surface area contributed by atoms with Crippen LogP contribution in [0.5, 0.6) is 0 Å². The summed E-state index contributed by atoms with van der Waals surface area (Å²) in [4.78, 5) is 5.29. The number of methoxy groups -OCH3 is 1. The molecule has 106 valence electrons. The van der Waals surface area contributed by atoms with Crippen LogP contribution < -0.4 is 5.73 Å². The molecule has 0 radical (unpaired) electrons. The van der Waals surface area contributed by atoms with Crippen molar-refractivity contribution in [2.75, 3.05) is 53.0 Å². The van der Waals surface area contributed by atoms with Crippen LogP contribution in [0.1, 0.15) is 25.7 Å². The van der Waals surface area contributed by atoms with E-state index in [0.29, 0.717) is 0 Å². The van der Waals surface area contributed by atoms with Gasteiger partial charge in [-0.05, 0) is 51.2 Å². The summed E-state index contributed by atoms with van der Waals surface area (Å²) in [6, 6.07) is 0.776. The lowest BCUT2D eigenvalue weighted by atomic mass is 10.0. The quantitative estimate of drug-likeness (QED) is 0.712. The van der Waals surface area contributed by atoms with Crippen LogP contribution >= 0.6 is 0 Å². The van der Waals surface area contributed by atoms with Gasteiger partial charge in [-0.2, -0.15) is 0 Å². The molecule has 2 N–H and O–H groups in total. The van der Waals surface area contributed by atoms with Crippen LogP contribution in [0.25, 0.3) is 0 Å². The highest BCUT2D eigenvalue weighted by molar-refractivity contribution is 4.86. The number of ether oxygens (including phenoxy) is 1. The Kier molecular flexibility index (Phi) is 5.89. The molecular weight excluding hydrogens is 226 g/mol. The molecule has 0 aliphatic carbocycles. The molecule has 2 rings (SSSR count). The summed E-state index contributed by atoms with van der Waals surface area (Å²) in [5, 5.41) is 0. The number of hydrogen-bond acceptors (Lipinski definition) is 4. The first-order chi connectivity index (χ1) is 8.83. The molecule has 2 saturated heterocycles. The third-order valence-corrected chi connectivity index (χ3v) is 4.47. The predicted octanol–water partition coefficient (Wildman–Crippen LogP) is 0.768. The van der Waals surface area contributed by atoms with E-state index in [2.05, 4.69) is 9.80 Å². The highest BCUT2D eigenvalue weighted by atomic mass is 16.5. The van der Waals surface area contributed by atoms with E-state index in [-0.39, 0.29) is 0 Å². The van der Waals surface area contributed by atoms with Gasteiger partial charge in [0.05, 0.1) is 0 Å². The van der Waals surface area contributed by atoms with Crippen molar-refractivity contribution in [2.45, 2.75) is 31.7 Å². The zero-order valence-corrected chi connectivity index (χ0v) is 11.8. The van der Waals surface area contributed by atoms with Crippen molar-refractivity contribution in [3.8, 4) is 0 Å². The van der Waals surface area contributed by atoms with E-state index in [0.717, 1.165) is 31.5 Å². The molecular formula is C14H29N3O.